The fourth-order valence-electron chi connectivity index (χ4n) is 1.16. The van der Waals surface area contributed by atoms with Crippen molar-refractivity contribution in [2.45, 2.75) is 12.8 Å². The zero-order chi connectivity index (χ0) is 8.81. The first kappa shape index (κ1) is 9.68. The van der Waals surface area contributed by atoms with Crippen LogP contribution in [0.5, 0.6) is 0 Å². The van der Waals surface area contributed by atoms with Gasteiger partial charge in [0.05, 0.1) is 6.67 Å². The predicted octanol–water partition coefficient (Wildman–Crippen LogP) is 1.19. The van der Waals surface area contributed by atoms with Crippen molar-refractivity contribution >= 4 is 11.6 Å². The number of alkyl halides is 1. The molecule has 0 radical (unpaired) electrons. The summed E-state index contributed by atoms with van der Waals surface area (Å²) < 4.78 is 0. The van der Waals surface area contributed by atoms with E-state index in [1.165, 1.54) is 0 Å². The number of nitrogens with one attached hydrogen (secondary N) is 1. The summed E-state index contributed by atoms with van der Waals surface area (Å²) in [7, 11) is 2.06. The third-order valence-electron chi connectivity index (χ3n) is 1.79. The highest BCUT2D eigenvalue weighted by Crippen LogP contribution is 1.99. The van der Waals surface area contributed by atoms with Crippen LogP contribution < -0.4 is 5.43 Å². The lowest BCUT2D eigenvalue weighted by molar-refractivity contribution is 0.130. The Morgan fingerprint density at radius 3 is 3.00 bits per heavy atom. The first-order chi connectivity index (χ1) is 5.83. The summed E-state index contributed by atoms with van der Waals surface area (Å²) in [5.74, 6) is 0.763. The summed E-state index contributed by atoms with van der Waals surface area (Å²) in [5.41, 5.74) is 3.18. The van der Waals surface area contributed by atoms with E-state index in [0.717, 1.165) is 31.9 Å². The molecule has 0 aliphatic carbocycles. The van der Waals surface area contributed by atoms with Crippen molar-refractivity contribution in [3.63, 3.8) is 0 Å². The summed E-state index contributed by atoms with van der Waals surface area (Å²) in [6.07, 6.45) is 6.22. The number of hydrazine groups is 1. The van der Waals surface area contributed by atoms with Gasteiger partial charge < -0.3 is 10.3 Å². The fraction of sp³-hybridized carbons (Fsp3) is 0.750. The molecule has 70 valence electrons. The lowest BCUT2D eigenvalue weighted by Crippen LogP contribution is -2.44. The summed E-state index contributed by atoms with van der Waals surface area (Å²) in [6, 6.07) is 0. The van der Waals surface area contributed by atoms with Gasteiger partial charge in [0.25, 0.3) is 0 Å². The Morgan fingerprint density at radius 1 is 1.50 bits per heavy atom. The molecule has 0 bridgehead atoms. The highest BCUT2D eigenvalue weighted by Gasteiger charge is 2.06. The first-order valence-electron chi connectivity index (χ1n) is 4.27. The van der Waals surface area contributed by atoms with E-state index in [4.69, 9.17) is 11.6 Å². The predicted molar refractivity (Wildman–Crippen MR) is 51.6 cm³/mol. The molecule has 1 aliphatic rings. The molecule has 0 amide bonds. The molecule has 0 spiro atoms. The Balaban J connectivity index is 2.12. The van der Waals surface area contributed by atoms with Crippen molar-refractivity contribution in [3.05, 3.63) is 12.4 Å². The van der Waals surface area contributed by atoms with Crippen LogP contribution in [0.4, 0.5) is 0 Å². The van der Waals surface area contributed by atoms with Gasteiger partial charge in [-0.3, -0.25) is 0 Å². The molecule has 1 heterocycles. The molecule has 1 rings (SSSR count). The maximum absolute atomic E-state index is 5.58. The molecule has 0 fully saturated rings. The van der Waals surface area contributed by atoms with E-state index >= 15 is 0 Å². The number of halogens is 1. The minimum atomic E-state index is 0.763. The monoisotopic (exact) mass is 189 g/mol. The molecule has 0 aromatic heterocycles. The van der Waals surface area contributed by atoms with Gasteiger partial charge in [-0.05, 0) is 12.8 Å². The van der Waals surface area contributed by atoms with Gasteiger partial charge in [-0.15, -0.1) is 11.6 Å². The van der Waals surface area contributed by atoms with Crippen LogP contribution in [0.25, 0.3) is 0 Å². The first-order valence-corrected chi connectivity index (χ1v) is 4.80. The van der Waals surface area contributed by atoms with E-state index in [1.54, 1.807) is 0 Å². The van der Waals surface area contributed by atoms with Crippen molar-refractivity contribution in [1.29, 1.82) is 0 Å². The van der Waals surface area contributed by atoms with Gasteiger partial charge in [0.1, 0.15) is 0 Å². The van der Waals surface area contributed by atoms with E-state index in [-0.39, 0.29) is 0 Å². The average molecular weight is 190 g/mol. The molecule has 1 N–H and O–H groups in total. The fourth-order valence-corrected chi connectivity index (χ4v) is 1.34. The quantitative estimate of drug-likeness (QED) is 0.530. The van der Waals surface area contributed by atoms with E-state index in [0.29, 0.717) is 0 Å². The van der Waals surface area contributed by atoms with Crippen molar-refractivity contribution in [3.8, 4) is 0 Å². The second-order valence-electron chi connectivity index (χ2n) is 3.00. The lowest BCUT2D eigenvalue weighted by Gasteiger charge is -2.30. The number of rotatable bonds is 4. The highest BCUT2D eigenvalue weighted by atomic mass is 35.5. The normalized spacial score (nSPS) is 18.0. The molecule has 3 nitrogen and oxygen atoms in total. The Hall–Kier alpha value is -0.410. The van der Waals surface area contributed by atoms with Gasteiger partial charge in [-0.25, -0.2) is 5.01 Å². The van der Waals surface area contributed by atoms with E-state index in [9.17, 15) is 0 Å². The number of hydrogen-bond donors (Lipinski definition) is 1. The van der Waals surface area contributed by atoms with Crippen LogP contribution in [0.15, 0.2) is 12.4 Å². The molecule has 4 heteroatoms. The van der Waals surface area contributed by atoms with E-state index < -0.39 is 0 Å². The van der Waals surface area contributed by atoms with Gasteiger partial charge in [-0.2, -0.15) is 0 Å². The molecular formula is C8H16ClN3. The summed E-state index contributed by atoms with van der Waals surface area (Å²) in [6.45, 7) is 2.00. The minimum absolute atomic E-state index is 0.763. The topological polar surface area (TPSA) is 18.5 Å². The Bertz CT molecular complexity index is 149. The van der Waals surface area contributed by atoms with Crippen LogP contribution in [-0.2, 0) is 0 Å². The zero-order valence-electron chi connectivity index (χ0n) is 7.46. The largest absolute Gasteiger partial charge is 0.365 e. The van der Waals surface area contributed by atoms with Gasteiger partial charge in [0.2, 0.25) is 0 Å². The second kappa shape index (κ2) is 5.27. The van der Waals surface area contributed by atoms with Crippen LogP contribution in [0.2, 0.25) is 0 Å². The van der Waals surface area contributed by atoms with Crippen molar-refractivity contribution < 1.29 is 0 Å². The number of hydrogen-bond acceptors (Lipinski definition) is 3. The molecule has 12 heavy (non-hydrogen) atoms. The van der Waals surface area contributed by atoms with E-state index in [1.807, 2.05) is 12.4 Å². The zero-order valence-corrected chi connectivity index (χ0v) is 8.22. The molecule has 0 saturated heterocycles. The molecule has 0 aromatic carbocycles. The molecular weight excluding hydrogens is 174 g/mol. The van der Waals surface area contributed by atoms with Crippen molar-refractivity contribution in [2.75, 3.05) is 26.1 Å². The smallest absolute Gasteiger partial charge is 0.0876 e. The summed E-state index contributed by atoms with van der Waals surface area (Å²) in [5, 5.41) is 2.17. The maximum atomic E-state index is 5.58. The standard InChI is InChI=1S/C8H16ClN3/c1-11-7-5-10-12(8-11)6-3-2-4-9/h5,7,10H,2-4,6,8H2,1H3. The number of unbranched alkanes of at least 4 members (excludes halogenated alkanes) is 1. The Kier molecular flexibility index (Phi) is 4.25. The molecule has 0 atom stereocenters. The third-order valence-corrected chi connectivity index (χ3v) is 2.06. The summed E-state index contributed by atoms with van der Waals surface area (Å²) >= 11 is 5.58. The van der Waals surface area contributed by atoms with Crippen LogP contribution in [0, 0.1) is 0 Å². The van der Waals surface area contributed by atoms with Crippen LogP contribution in [-0.4, -0.2) is 36.0 Å². The van der Waals surface area contributed by atoms with Crippen LogP contribution in [0.3, 0.4) is 0 Å². The van der Waals surface area contributed by atoms with E-state index in [2.05, 4.69) is 22.4 Å². The highest BCUT2D eigenvalue weighted by molar-refractivity contribution is 6.17. The Morgan fingerprint density at radius 2 is 2.33 bits per heavy atom. The maximum Gasteiger partial charge on any atom is 0.0876 e. The summed E-state index contributed by atoms with van der Waals surface area (Å²) in [4.78, 5) is 2.14. The van der Waals surface area contributed by atoms with Crippen LogP contribution in [0.1, 0.15) is 12.8 Å². The second-order valence-corrected chi connectivity index (χ2v) is 3.38. The van der Waals surface area contributed by atoms with Crippen molar-refractivity contribution in [1.82, 2.24) is 15.3 Å². The molecule has 1 aliphatic heterocycles. The Labute approximate surface area is 78.9 Å². The minimum Gasteiger partial charge on any atom is -0.365 e. The van der Waals surface area contributed by atoms with Crippen LogP contribution >= 0.6 is 11.6 Å². The van der Waals surface area contributed by atoms with Gasteiger partial charge >= 0.3 is 0 Å². The van der Waals surface area contributed by atoms with Gasteiger partial charge in [0, 0.05) is 31.9 Å². The molecule has 0 aromatic rings. The molecule has 0 saturated carbocycles. The van der Waals surface area contributed by atoms with Crippen molar-refractivity contribution in [2.24, 2.45) is 0 Å². The lowest BCUT2D eigenvalue weighted by atomic mass is 10.3. The third kappa shape index (κ3) is 3.32. The SMILES string of the molecule is CN1C=CNN(CCCCCl)C1. The van der Waals surface area contributed by atoms with Gasteiger partial charge in [0.15, 0.2) is 0 Å². The van der Waals surface area contributed by atoms with Gasteiger partial charge in [-0.1, -0.05) is 0 Å². The average Bonchev–Trinajstić information content (AvgIpc) is 2.05. The number of nitrogens with zero attached hydrogens (tertiary/aromatic N) is 2. The molecule has 0 unspecified atom stereocenters.